The van der Waals surface area contributed by atoms with Crippen molar-refractivity contribution >= 4 is 11.0 Å². The molecule has 0 aliphatic heterocycles. The highest BCUT2D eigenvalue weighted by Crippen LogP contribution is 2.30. The average molecular weight is 391 g/mol. The van der Waals surface area contributed by atoms with Gasteiger partial charge in [-0.25, -0.2) is 4.98 Å². The molecule has 0 spiro atoms. The molecule has 5 rings (SSSR count). The smallest absolute Gasteiger partial charge is 0.222 e. The van der Waals surface area contributed by atoms with Crippen molar-refractivity contribution in [3.05, 3.63) is 114 Å². The Labute approximate surface area is 175 Å². The molecule has 0 N–H and O–H groups in total. The molecule has 2 heterocycles. The van der Waals surface area contributed by atoms with E-state index in [1.54, 1.807) is 6.20 Å². The summed E-state index contributed by atoms with van der Waals surface area (Å²) >= 11 is 0. The second-order valence-electron chi connectivity index (χ2n) is 7.39. The molecule has 30 heavy (non-hydrogen) atoms. The summed E-state index contributed by atoms with van der Waals surface area (Å²) in [6.45, 7) is 2.05. The fourth-order valence-electron chi connectivity index (χ4n) is 3.62. The third-order valence-electron chi connectivity index (χ3n) is 5.09. The van der Waals surface area contributed by atoms with E-state index in [9.17, 15) is 0 Å². The second-order valence-corrected chi connectivity index (χ2v) is 7.39. The molecule has 0 bridgehead atoms. The molecular formula is C27H21NO2. The van der Waals surface area contributed by atoms with Gasteiger partial charge in [-0.3, -0.25) is 0 Å². The number of benzene rings is 3. The number of furan rings is 1. The van der Waals surface area contributed by atoms with Gasteiger partial charge >= 0.3 is 0 Å². The Hall–Kier alpha value is -3.85. The lowest BCUT2D eigenvalue weighted by molar-refractivity contribution is 0.454. The lowest BCUT2D eigenvalue weighted by Crippen LogP contribution is -1.95. The Morgan fingerprint density at radius 2 is 1.70 bits per heavy atom. The van der Waals surface area contributed by atoms with Crippen molar-refractivity contribution < 1.29 is 9.15 Å². The van der Waals surface area contributed by atoms with Gasteiger partial charge in [-0.1, -0.05) is 54.6 Å². The lowest BCUT2D eigenvalue weighted by atomic mass is 10.0. The molecule has 0 radical (unpaired) electrons. The van der Waals surface area contributed by atoms with Crippen molar-refractivity contribution in [2.45, 2.75) is 13.3 Å². The van der Waals surface area contributed by atoms with Gasteiger partial charge in [0, 0.05) is 23.6 Å². The Kier molecular flexibility index (Phi) is 4.78. The van der Waals surface area contributed by atoms with E-state index in [0.717, 1.165) is 33.6 Å². The van der Waals surface area contributed by atoms with Gasteiger partial charge in [-0.2, -0.15) is 0 Å². The molecular weight excluding hydrogens is 370 g/mol. The van der Waals surface area contributed by atoms with Crippen LogP contribution in [0.3, 0.4) is 0 Å². The largest absolute Gasteiger partial charge is 0.461 e. The third kappa shape index (κ3) is 3.83. The number of hydrogen-bond acceptors (Lipinski definition) is 3. The highest BCUT2D eigenvalue weighted by molar-refractivity contribution is 5.84. The number of aryl methyl sites for hydroxylation is 1. The van der Waals surface area contributed by atoms with E-state index in [1.807, 2.05) is 55.5 Å². The quantitative estimate of drug-likeness (QED) is 0.318. The van der Waals surface area contributed by atoms with E-state index >= 15 is 0 Å². The minimum Gasteiger partial charge on any atom is -0.461 e. The number of hydrogen-bond donors (Lipinski definition) is 0. The summed E-state index contributed by atoms with van der Waals surface area (Å²) in [5, 5.41) is 1.09. The maximum Gasteiger partial charge on any atom is 0.222 e. The lowest BCUT2D eigenvalue weighted by Gasteiger charge is -2.09. The van der Waals surface area contributed by atoms with Gasteiger partial charge in [-0.15, -0.1) is 0 Å². The number of rotatable bonds is 5. The van der Waals surface area contributed by atoms with Gasteiger partial charge in [0.1, 0.15) is 17.1 Å². The Morgan fingerprint density at radius 3 is 2.57 bits per heavy atom. The Morgan fingerprint density at radius 1 is 0.800 bits per heavy atom. The minimum atomic E-state index is 0.605. The summed E-state index contributed by atoms with van der Waals surface area (Å²) in [6, 6.07) is 30.7. The van der Waals surface area contributed by atoms with Crippen LogP contribution in [0, 0.1) is 6.92 Å². The van der Waals surface area contributed by atoms with Crippen LogP contribution < -0.4 is 4.74 Å². The van der Waals surface area contributed by atoms with Crippen LogP contribution >= 0.6 is 0 Å². The van der Waals surface area contributed by atoms with Crippen molar-refractivity contribution in [3.8, 4) is 22.8 Å². The summed E-state index contributed by atoms with van der Waals surface area (Å²) in [5.41, 5.74) is 5.40. The van der Waals surface area contributed by atoms with E-state index in [0.29, 0.717) is 12.3 Å². The molecule has 0 unspecified atom stereocenters. The van der Waals surface area contributed by atoms with Crippen LogP contribution in [-0.2, 0) is 6.42 Å². The number of nitrogens with zero attached hydrogens (tertiary/aromatic N) is 1. The first kappa shape index (κ1) is 18.2. The zero-order valence-corrected chi connectivity index (χ0v) is 16.7. The molecule has 0 aliphatic rings. The van der Waals surface area contributed by atoms with Gasteiger partial charge in [0.15, 0.2) is 0 Å². The highest BCUT2D eigenvalue weighted by Gasteiger charge is 2.11. The van der Waals surface area contributed by atoms with Crippen molar-refractivity contribution in [1.29, 1.82) is 0 Å². The number of ether oxygens (including phenoxy) is 1. The van der Waals surface area contributed by atoms with Crippen LogP contribution in [0.1, 0.15) is 16.9 Å². The zero-order valence-electron chi connectivity index (χ0n) is 16.7. The van der Waals surface area contributed by atoms with Gasteiger partial charge in [-0.05, 0) is 60.0 Å². The van der Waals surface area contributed by atoms with E-state index in [4.69, 9.17) is 9.15 Å². The number of fused-ring (bicyclic) bond motifs is 1. The normalized spacial score (nSPS) is 11.0. The van der Waals surface area contributed by atoms with Gasteiger partial charge < -0.3 is 9.15 Å². The maximum absolute atomic E-state index is 6.10. The molecule has 0 saturated heterocycles. The minimum absolute atomic E-state index is 0.605. The van der Waals surface area contributed by atoms with Gasteiger partial charge in [0.25, 0.3) is 0 Å². The fraction of sp³-hybridized carbons (Fsp3) is 0.0741. The highest BCUT2D eigenvalue weighted by atomic mass is 16.5. The van der Waals surface area contributed by atoms with E-state index in [1.165, 1.54) is 11.1 Å². The van der Waals surface area contributed by atoms with Crippen molar-refractivity contribution in [2.24, 2.45) is 0 Å². The molecule has 3 nitrogen and oxygen atoms in total. The van der Waals surface area contributed by atoms with Gasteiger partial charge in [0.05, 0.1) is 0 Å². The van der Waals surface area contributed by atoms with Crippen LogP contribution in [0.5, 0.6) is 11.6 Å². The van der Waals surface area contributed by atoms with Crippen LogP contribution in [0.25, 0.3) is 22.1 Å². The van der Waals surface area contributed by atoms with Crippen LogP contribution in [0.4, 0.5) is 0 Å². The van der Waals surface area contributed by atoms with Crippen LogP contribution in [-0.4, -0.2) is 4.98 Å². The molecule has 5 aromatic rings. The number of aromatic nitrogens is 1. The van der Waals surface area contributed by atoms with E-state index in [2.05, 4.69) is 47.4 Å². The second kappa shape index (κ2) is 7.88. The predicted molar refractivity (Wildman–Crippen MR) is 120 cm³/mol. The molecule has 0 saturated carbocycles. The number of pyridine rings is 1. The summed E-state index contributed by atoms with van der Waals surface area (Å²) in [4.78, 5) is 4.44. The van der Waals surface area contributed by atoms with E-state index in [-0.39, 0.29) is 0 Å². The zero-order chi connectivity index (χ0) is 20.3. The Bertz CT molecular complexity index is 1310. The Balaban J connectivity index is 1.43. The average Bonchev–Trinajstić information content (AvgIpc) is 3.17. The summed E-state index contributed by atoms with van der Waals surface area (Å²) in [7, 11) is 0. The fourth-order valence-corrected chi connectivity index (χ4v) is 3.62. The molecule has 2 aromatic heterocycles. The van der Waals surface area contributed by atoms with Crippen molar-refractivity contribution in [3.63, 3.8) is 0 Å². The molecule has 3 aromatic carbocycles. The van der Waals surface area contributed by atoms with Crippen molar-refractivity contribution in [2.75, 3.05) is 0 Å². The molecule has 3 heteroatoms. The predicted octanol–water partition coefficient (Wildman–Crippen LogP) is 7.19. The van der Waals surface area contributed by atoms with Crippen LogP contribution in [0.2, 0.25) is 0 Å². The van der Waals surface area contributed by atoms with E-state index < -0.39 is 0 Å². The monoisotopic (exact) mass is 391 g/mol. The standard InChI is InChI=1S/C27H21NO2/c1-19-7-5-11-24(15-19)30-27-22(10-6-14-28-27)17-25-18-23-16-21(12-13-26(23)29-25)20-8-3-2-4-9-20/h2-16,18H,17H2,1H3. The maximum atomic E-state index is 6.10. The SMILES string of the molecule is Cc1cccc(Oc2ncccc2Cc2cc3cc(-c4ccccc4)ccc3o2)c1. The van der Waals surface area contributed by atoms with Crippen LogP contribution in [0.15, 0.2) is 102 Å². The van der Waals surface area contributed by atoms with Crippen molar-refractivity contribution in [1.82, 2.24) is 4.98 Å². The molecule has 0 fully saturated rings. The first-order valence-corrected chi connectivity index (χ1v) is 10.0. The molecule has 146 valence electrons. The summed E-state index contributed by atoms with van der Waals surface area (Å²) in [6.07, 6.45) is 2.36. The topological polar surface area (TPSA) is 35.3 Å². The van der Waals surface area contributed by atoms with Gasteiger partial charge in [0.2, 0.25) is 5.88 Å². The first-order chi connectivity index (χ1) is 14.7. The molecule has 0 amide bonds. The summed E-state index contributed by atoms with van der Waals surface area (Å²) < 4.78 is 12.2. The first-order valence-electron chi connectivity index (χ1n) is 10.0. The summed E-state index contributed by atoms with van der Waals surface area (Å²) in [5.74, 6) is 2.28. The molecule has 0 atom stereocenters. The molecule has 0 aliphatic carbocycles. The third-order valence-corrected chi connectivity index (χ3v) is 5.09.